The summed E-state index contributed by atoms with van der Waals surface area (Å²) in [6, 6.07) is 7.90. The van der Waals surface area contributed by atoms with Gasteiger partial charge in [-0.2, -0.15) is 0 Å². The molecule has 0 spiro atoms. The minimum atomic E-state index is 0. The largest absolute Gasteiger partial charge is 0.326 e. The highest BCUT2D eigenvalue weighted by Crippen LogP contribution is 2.07. The van der Waals surface area contributed by atoms with E-state index in [1.807, 2.05) is 38.1 Å². The summed E-state index contributed by atoms with van der Waals surface area (Å²) in [5.74, 6) is 0.398. The van der Waals surface area contributed by atoms with Gasteiger partial charge in [-0.3, -0.25) is 4.79 Å². The van der Waals surface area contributed by atoms with Crippen molar-refractivity contribution in [3.05, 3.63) is 35.4 Å². The van der Waals surface area contributed by atoms with Crippen LogP contribution in [0.4, 0.5) is 0 Å². The number of benzene rings is 1. The van der Waals surface area contributed by atoms with E-state index in [0.717, 1.165) is 11.1 Å². The smallest absolute Gasteiger partial charge is 0.139 e. The van der Waals surface area contributed by atoms with Gasteiger partial charge in [0.2, 0.25) is 0 Å². The zero-order valence-electron chi connectivity index (χ0n) is 8.79. The molecule has 0 amide bonds. The molecule has 2 heteroatoms. The van der Waals surface area contributed by atoms with Crippen LogP contribution in [0.3, 0.4) is 0 Å². The van der Waals surface area contributed by atoms with Crippen molar-refractivity contribution in [2.45, 2.75) is 26.8 Å². The summed E-state index contributed by atoms with van der Waals surface area (Å²) in [5.41, 5.74) is 7.66. The Labute approximate surface area is 86.6 Å². The van der Waals surface area contributed by atoms with E-state index in [1.165, 1.54) is 0 Å². The molecule has 0 aromatic heterocycles. The SMILES string of the molecule is CC(C)C(=O)Cc1ccc(CN)cc1.[HH]. The van der Waals surface area contributed by atoms with Gasteiger partial charge in [-0.25, -0.2) is 0 Å². The Morgan fingerprint density at radius 2 is 1.79 bits per heavy atom. The third-order valence-corrected chi connectivity index (χ3v) is 2.28. The summed E-state index contributed by atoms with van der Waals surface area (Å²) in [6.07, 6.45) is 0.530. The average molecular weight is 193 g/mol. The predicted molar refractivity (Wildman–Crippen MR) is 60.0 cm³/mol. The van der Waals surface area contributed by atoms with E-state index in [4.69, 9.17) is 5.73 Å². The topological polar surface area (TPSA) is 43.1 Å². The van der Waals surface area contributed by atoms with Gasteiger partial charge in [-0.05, 0) is 11.1 Å². The van der Waals surface area contributed by atoms with Crippen LogP contribution in [0.5, 0.6) is 0 Å². The zero-order valence-corrected chi connectivity index (χ0v) is 8.79. The number of carbonyl (C=O) groups is 1. The molecule has 0 radical (unpaired) electrons. The van der Waals surface area contributed by atoms with Crippen molar-refractivity contribution in [1.82, 2.24) is 0 Å². The van der Waals surface area contributed by atoms with Crippen LogP contribution in [0, 0.1) is 5.92 Å². The van der Waals surface area contributed by atoms with Crippen molar-refractivity contribution in [3.63, 3.8) is 0 Å². The molecule has 0 aliphatic carbocycles. The van der Waals surface area contributed by atoms with Crippen molar-refractivity contribution < 1.29 is 6.22 Å². The van der Waals surface area contributed by atoms with Gasteiger partial charge in [-0.1, -0.05) is 38.1 Å². The second-order valence-electron chi connectivity index (χ2n) is 3.82. The molecular weight excluding hydrogens is 174 g/mol. The van der Waals surface area contributed by atoms with Crippen LogP contribution in [-0.4, -0.2) is 5.78 Å². The zero-order chi connectivity index (χ0) is 10.6. The van der Waals surface area contributed by atoms with E-state index in [0.29, 0.717) is 13.0 Å². The van der Waals surface area contributed by atoms with Crippen molar-refractivity contribution in [2.75, 3.05) is 0 Å². The highest BCUT2D eigenvalue weighted by Gasteiger charge is 2.07. The Kier molecular flexibility index (Phi) is 3.84. The Balaban J connectivity index is 0.00000196. The first kappa shape index (κ1) is 10.9. The second kappa shape index (κ2) is 4.91. The molecule has 0 saturated carbocycles. The summed E-state index contributed by atoms with van der Waals surface area (Å²) in [5, 5.41) is 0. The molecule has 0 unspecified atom stereocenters. The lowest BCUT2D eigenvalue weighted by molar-refractivity contribution is -0.121. The Morgan fingerprint density at radius 3 is 2.21 bits per heavy atom. The van der Waals surface area contributed by atoms with Gasteiger partial charge in [0.25, 0.3) is 0 Å². The van der Waals surface area contributed by atoms with E-state index in [2.05, 4.69) is 0 Å². The number of hydrogen-bond donors (Lipinski definition) is 1. The van der Waals surface area contributed by atoms with Gasteiger partial charge in [0, 0.05) is 20.3 Å². The molecule has 78 valence electrons. The van der Waals surface area contributed by atoms with Crippen LogP contribution in [0.15, 0.2) is 24.3 Å². The van der Waals surface area contributed by atoms with E-state index in [9.17, 15) is 4.79 Å². The number of hydrogen-bond acceptors (Lipinski definition) is 2. The van der Waals surface area contributed by atoms with Crippen LogP contribution in [0.1, 0.15) is 26.4 Å². The fraction of sp³-hybridized carbons (Fsp3) is 0.417. The number of Topliss-reactive ketones (excluding diaryl/α,β-unsaturated/α-hetero) is 1. The van der Waals surface area contributed by atoms with Crippen molar-refractivity contribution in [2.24, 2.45) is 11.7 Å². The summed E-state index contributed by atoms with van der Waals surface area (Å²) < 4.78 is 0. The standard InChI is InChI=1S/C12H17NO.H2/c1-9(2)12(14)7-10-3-5-11(8-13)6-4-10;/h3-6,9H,7-8,13H2,1-2H3;1H. The van der Waals surface area contributed by atoms with E-state index >= 15 is 0 Å². The maximum atomic E-state index is 11.4. The third kappa shape index (κ3) is 2.96. The molecule has 0 aliphatic heterocycles. The monoisotopic (exact) mass is 193 g/mol. The second-order valence-corrected chi connectivity index (χ2v) is 3.82. The molecule has 1 aromatic rings. The van der Waals surface area contributed by atoms with E-state index in [1.54, 1.807) is 0 Å². The third-order valence-electron chi connectivity index (χ3n) is 2.28. The van der Waals surface area contributed by atoms with Crippen molar-refractivity contribution in [1.29, 1.82) is 0 Å². The minimum absolute atomic E-state index is 0. The minimum Gasteiger partial charge on any atom is -0.326 e. The van der Waals surface area contributed by atoms with E-state index in [-0.39, 0.29) is 13.1 Å². The molecule has 0 atom stereocenters. The molecule has 0 bridgehead atoms. The highest BCUT2D eigenvalue weighted by molar-refractivity contribution is 5.82. The first-order chi connectivity index (χ1) is 6.63. The van der Waals surface area contributed by atoms with Gasteiger partial charge in [0.15, 0.2) is 0 Å². The van der Waals surface area contributed by atoms with E-state index < -0.39 is 0 Å². The number of ketones is 1. The molecule has 0 saturated heterocycles. The number of nitrogens with two attached hydrogens (primary N) is 1. The Bertz CT molecular complexity index is 306. The average Bonchev–Trinajstić information content (AvgIpc) is 2.19. The molecule has 2 N–H and O–H groups in total. The summed E-state index contributed by atoms with van der Waals surface area (Å²) in [7, 11) is 0. The quantitative estimate of drug-likeness (QED) is 0.796. The van der Waals surface area contributed by atoms with Crippen LogP contribution >= 0.6 is 0 Å². The number of carbonyl (C=O) groups excluding carboxylic acids is 1. The molecular formula is C12H19NO. The molecule has 14 heavy (non-hydrogen) atoms. The van der Waals surface area contributed by atoms with Crippen LogP contribution in [0.2, 0.25) is 0 Å². The fourth-order valence-electron chi connectivity index (χ4n) is 1.20. The van der Waals surface area contributed by atoms with Crippen molar-refractivity contribution >= 4 is 5.78 Å². The highest BCUT2D eigenvalue weighted by atomic mass is 16.1. The van der Waals surface area contributed by atoms with Crippen molar-refractivity contribution in [3.8, 4) is 0 Å². The normalized spacial score (nSPS) is 10.6. The van der Waals surface area contributed by atoms with Gasteiger partial charge < -0.3 is 5.73 Å². The summed E-state index contributed by atoms with van der Waals surface area (Å²) in [6.45, 7) is 4.41. The molecule has 1 aromatic carbocycles. The first-order valence-electron chi connectivity index (χ1n) is 4.94. The van der Waals surface area contributed by atoms with Crippen LogP contribution in [-0.2, 0) is 17.8 Å². The molecule has 0 aliphatic rings. The summed E-state index contributed by atoms with van der Waals surface area (Å²) in [4.78, 5) is 11.4. The van der Waals surface area contributed by atoms with Gasteiger partial charge in [-0.15, -0.1) is 0 Å². The van der Waals surface area contributed by atoms with Gasteiger partial charge in [0.05, 0.1) is 0 Å². The lowest BCUT2D eigenvalue weighted by atomic mass is 10.0. The predicted octanol–water partition coefficient (Wildman–Crippen LogP) is 2.16. The van der Waals surface area contributed by atoms with Crippen LogP contribution in [0.25, 0.3) is 0 Å². The first-order valence-corrected chi connectivity index (χ1v) is 4.94. The van der Waals surface area contributed by atoms with Gasteiger partial charge in [0.1, 0.15) is 5.78 Å². The number of rotatable bonds is 4. The summed E-state index contributed by atoms with van der Waals surface area (Å²) >= 11 is 0. The molecule has 2 nitrogen and oxygen atoms in total. The molecule has 0 heterocycles. The van der Waals surface area contributed by atoms with Gasteiger partial charge >= 0.3 is 0 Å². The fourth-order valence-corrected chi connectivity index (χ4v) is 1.20. The molecule has 1 rings (SSSR count). The maximum Gasteiger partial charge on any atom is 0.139 e. The maximum absolute atomic E-state index is 11.4. The van der Waals surface area contributed by atoms with Crippen LogP contribution < -0.4 is 5.73 Å². The molecule has 0 fully saturated rings. The lowest BCUT2D eigenvalue weighted by Crippen LogP contribution is -2.10. The Hall–Kier alpha value is -1.15. The lowest BCUT2D eigenvalue weighted by Gasteiger charge is -2.04. The Morgan fingerprint density at radius 1 is 1.29 bits per heavy atom.